The zero-order chi connectivity index (χ0) is 19.4. The van der Waals surface area contributed by atoms with Crippen molar-refractivity contribution in [3.63, 3.8) is 0 Å². The molecule has 0 heterocycles. The zero-order valence-electron chi connectivity index (χ0n) is 16.3. The molecule has 0 spiro atoms. The average molecular weight is 360 g/mol. The van der Waals surface area contributed by atoms with Gasteiger partial charge in [-0.1, -0.05) is 64.0 Å². The first kappa shape index (κ1) is 21.9. The maximum absolute atomic E-state index is 12.3. The van der Waals surface area contributed by atoms with Gasteiger partial charge < -0.3 is 5.32 Å². The molecule has 0 aliphatic rings. The number of nitrogens with zero attached hydrogens (tertiary/aromatic N) is 1. The van der Waals surface area contributed by atoms with E-state index >= 15 is 0 Å². The van der Waals surface area contributed by atoms with Crippen LogP contribution in [0.25, 0.3) is 6.08 Å². The zero-order valence-corrected chi connectivity index (χ0v) is 16.3. The summed E-state index contributed by atoms with van der Waals surface area (Å²) in [5, 5.41) is 13.8. The van der Waals surface area contributed by atoms with Gasteiger partial charge in [-0.2, -0.15) is 0 Å². The third-order valence-electron chi connectivity index (χ3n) is 4.44. The van der Waals surface area contributed by atoms with Gasteiger partial charge in [0.2, 0.25) is 5.91 Å². The van der Waals surface area contributed by atoms with Gasteiger partial charge >= 0.3 is 0 Å². The van der Waals surface area contributed by atoms with E-state index in [4.69, 9.17) is 0 Å². The molecule has 0 aliphatic heterocycles. The second-order valence-electron chi connectivity index (χ2n) is 6.96. The van der Waals surface area contributed by atoms with Crippen LogP contribution in [0.2, 0.25) is 0 Å². The molecule has 5 nitrogen and oxygen atoms in total. The molecule has 1 aromatic rings. The van der Waals surface area contributed by atoms with Crippen molar-refractivity contribution in [3.05, 3.63) is 45.5 Å². The van der Waals surface area contributed by atoms with Crippen molar-refractivity contribution in [3.8, 4) is 0 Å². The van der Waals surface area contributed by atoms with Crippen LogP contribution in [0.5, 0.6) is 0 Å². The molecule has 0 saturated carbocycles. The van der Waals surface area contributed by atoms with Crippen molar-refractivity contribution in [2.24, 2.45) is 0 Å². The number of rotatable bonds is 12. The maximum atomic E-state index is 12.3. The van der Waals surface area contributed by atoms with E-state index in [-0.39, 0.29) is 17.6 Å². The van der Waals surface area contributed by atoms with E-state index in [0.29, 0.717) is 11.1 Å². The molecule has 1 atom stereocenters. The summed E-state index contributed by atoms with van der Waals surface area (Å²) in [6.07, 6.45) is 11.5. The van der Waals surface area contributed by atoms with Crippen LogP contribution in [-0.4, -0.2) is 16.9 Å². The number of benzene rings is 1. The van der Waals surface area contributed by atoms with Crippen molar-refractivity contribution < 1.29 is 9.72 Å². The predicted octanol–water partition coefficient (Wildman–Crippen LogP) is 5.64. The Morgan fingerprint density at radius 1 is 1.19 bits per heavy atom. The molecule has 0 saturated heterocycles. The van der Waals surface area contributed by atoms with Crippen LogP contribution >= 0.6 is 0 Å². The van der Waals surface area contributed by atoms with Crippen LogP contribution in [0.3, 0.4) is 0 Å². The minimum Gasteiger partial charge on any atom is -0.350 e. The fraction of sp³-hybridized carbons (Fsp3) is 0.571. The van der Waals surface area contributed by atoms with Crippen molar-refractivity contribution in [1.82, 2.24) is 5.32 Å². The third-order valence-corrected chi connectivity index (χ3v) is 4.44. The SMILES string of the molecule is CCCCCCCCCC(C)NC(=O)C(C)=Cc1cccc([N+](=O)[O-])c1. The first-order valence-corrected chi connectivity index (χ1v) is 9.67. The highest BCUT2D eigenvalue weighted by Gasteiger charge is 2.10. The lowest BCUT2D eigenvalue weighted by Gasteiger charge is -2.14. The Bertz CT molecular complexity index is 611. The maximum Gasteiger partial charge on any atom is 0.270 e. The smallest absolute Gasteiger partial charge is 0.270 e. The van der Waals surface area contributed by atoms with Crippen LogP contribution < -0.4 is 5.32 Å². The highest BCUT2D eigenvalue weighted by atomic mass is 16.6. The van der Waals surface area contributed by atoms with E-state index in [0.717, 1.165) is 12.8 Å². The van der Waals surface area contributed by atoms with Gasteiger partial charge in [0, 0.05) is 23.7 Å². The minimum atomic E-state index is -0.433. The number of non-ortho nitro benzene ring substituents is 1. The second kappa shape index (κ2) is 12.2. The number of carbonyl (C=O) groups is 1. The predicted molar refractivity (Wildman–Crippen MR) is 107 cm³/mol. The summed E-state index contributed by atoms with van der Waals surface area (Å²) >= 11 is 0. The Labute approximate surface area is 157 Å². The largest absolute Gasteiger partial charge is 0.350 e. The Morgan fingerprint density at radius 3 is 2.50 bits per heavy atom. The Morgan fingerprint density at radius 2 is 1.85 bits per heavy atom. The molecular weight excluding hydrogens is 328 g/mol. The molecule has 0 bridgehead atoms. The van der Waals surface area contributed by atoms with Gasteiger partial charge in [-0.05, 0) is 31.9 Å². The quantitative estimate of drug-likeness (QED) is 0.227. The molecule has 26 heavy (non-hydrogen) atoms. The number of hydrogen-bond donors (Lipinski definition) is 1. The molecule has 144 valence electrons. The molecule has 1 N–H and O–H groups in total. The van der Waals surface area contributed by atoms with Crippen molar-refractivity contribution >= 4 is 17.7 Å². The Kier molecular flexibility index (Phi) is 10.3. The highest BCUT2D eigenvalue weighted by molar-refractivity contribution is 5.97. The van der Waals surface area contributed by atoms with Crippen molar-refractivity contribution in [2.45, 2.75) is 78.2 Å². The molecule has 0 fully saturated rings. The molecule has 1 unspecified atom stereocenters. The molecular formula is C21H32N2O3. The van der Waals surface area contributed by atoms with Gasteiger partial charge in [0.05, 0.1) is 4.92 Å². The Hall–Kier alpha value is -2.17. The fourth-order valence-corrected chi connectivity index (χ4v) is 2.86. The van der Waals surface area contributed by atoms with E-state index in [1.807, 2.05) is 6.92 Å². The van der Waals surface area contributed by atoms with Crippen LogP contribution in [-0.2, 0) is 4.79 Å². The topological polar surface area (TPSA) is 72.2 Å². The van der Waals surface area contributed by atoms with Crippen LogP contribution in [0, 0.1) is 10.1 Å². The van der Waals surface area contributed by atoms with E-state index < -0.39 is 4.92 Å². The summed E-state index contributed by atoms with van der Waals surface area (Å²) in [6, 6.07) is 6.42. The number of nitro benzene ring substituents is 1. The van der Waals surface area contributed by atoms with E-state index in [1.165, 1.54) is 50.7 Å². The Balaban J connectivity index is 2.39. The fourth-order valence-electron chi connectivity index (χ4n) is 2.86. The standard InChI is InChI=1S/C21H32N2O3/c1-4-5-6-7-8-9-10-12-18(3)22-21(24)17(2)15-19-13-11-14-20(16-19)23(25)26/h11,13-16,18H,4-10,12H2,1-3H3,(H,22,24). The number of hydrogen-bond acceptors (Lipinski definition) is 3. The molecule has 1 aromatic carbocycles. The molecule has 1 amide bonds. The number of nitrogens with one attached hydrogen (secondary N) is 1. The van der Waals surface area contributed by atoms with Gasteiger partial charge in [0.15, 0.2) is 0 Å². The molecule has 0 aromatic heterocycles. The summed E-state index contributed by atoms with van der Waals surface area (Å²) in [4.78, 5) is 22.7. The van der Waals surface area contributed by atoms with E-state index in [1.54, 1.807) is 25.1 Å². The summed E-state index contributed by atoms with van der Waals surface area (Å²) < 4.78 is 0. The van der Waals surface area contributed by atoms with E-state index in [2.05, 4.69) is 12.2 Å². The number of amides is 1. The lowest BCUT2D eigenvalue weighted by atomic mass is 10.1. The number of carbonyl (C=O) groups excluding carboxylic acids is 1. The summed E-state index contributed by atoms with van der Waals surface area (Å²) in [5.74, 6) is -0.119. The number of nitro groups is 1. The molecule has 0 radical (unpaired) electrons. The summed E-state index contributed by atoms with van der Waals surface area (Å²) in [5.41, 5.74) is 1.24. The van der Waals surface area contributed by atoms with Gasteiger partial charge in [-0.3, -0.25) is 14.9 Å². The van der Waals surface area contributed by atoms with Gasteiger partial charge in [0.1, 0.15) is 0 Å². The first-order valence-electron chi connectivity index (χ1n) is 9.67. The summed E-state index contributed by atoms with van der Waals surface area (Å²) in [6.45, 7) is 5.98. The molecule has 0 aliphatic carbocycles. The average Bonchev–Trinajstić information content (AvgIpc) is 2.61. The normalized spacial score (nSPS) is 12.7. The lowest BCUT2D eigenvalue weighted by Crippen LogP contribution is -2.32. The van der Waals surface area contributed by atoms with E-state index in [9.17, 15) is 14.9 Å². The first-order chi connectivity index (χ1) is 12.4. The van der Waals surface area contributed by atoms with Crippen LogP contribution in [0.4, 0.5) is 5.69 Å². The minimum absolute atomic E-state index is 0.0271. The van der Waals surface area contributed by atoms with Gasteiger partial charge in [0.25, 0.3) is 5.69 Å². The molecule has 5 heteroatoms. The van der Waals surface area contributed by atoms with Crippen molar-refractivity contribution in [2.75, 3.05) is 0 Å². The van der Waals surface area contributed by atoms with Crippen LogP contribution in [0.1, 0.15) is 77.7 Å². The molecule has 1 rings (SSSR count). The number of unbranched alkanes of at least 4 members (excludes halogenated alkanes) is 6. The van der Waals surface area contributed by atoms with Crippen LogP contribution in [0.15, 0.2) is 29.8 Å². The van der Waals surface area contributed by atoms with Gasteiger partial charge in [-0.15, -0.1) is 0 Å². The van der Waals surface area contributed by atoms with Crippen molar-refractivity contribution in [1.29, 1.82) is 0 Å². The summed E-state index contributed by atoms with van der Waals surface area (Å²) in [7, 11) is 0. The third kappa shape index (κ3) is 8.79. The highest BCUT2D eigenvalue weighted by Crippen LogP contribution is 2.16. The van der Waals surface area contributed by atoms with Gasteiger partial charge in [-0.25, -0.2) is 0 Å². The lowest BCUT2D eigenvalue weighted by molar-refractivity contribution is -0.384. The monoisotopic (exact) mass is 360 g/mol. The second-order valence-corrected chi connectivity index (χ2v) is 6.96.